The van der Waals surface area contributed by atoms with Crippen molar-refractivity contribution in [3.63, 3.8) is 0 Å². The number of nitrogens with zero attached hydrogens (tertiary/aromatic N) is 8. The van der Waals surface area contributed by atoms with E-state index in [9.17, 15) is 17.6 Å². The van der Waals surface area contributed by atoms with Gasteiger partial charge in [0.15, 0.2) is 29.0 Å². The molecule has 2 aliphatic rings. The molecule has 2 aliphatic heterocycles. The Hall–Kier alpha value is -4.56. The summed E-state index contributed by atoms with van der Waals surface area (Å²) in [7, 11) is 0. The number of furan rings is 1. The van der Waals surface area contributed by atoms with Crippen LogP contribution in [0, 0.1) is 29.2 Å². The van der Waals surface area contributed by atoms with E-state index in [0.717, 1.165) is 38.1 Å². The molecule has 3 aromatic heterocycles. The van der Waals surface area contributed by atoms with E-state index in [-0.39, 0.29) is 42.1 Å². The zero-order valence-electron chi connectivity index (χ0n) is 24.3. The van der Waals surface area contributed by atoms with E-state index in [2.05, 4.69) is 29.9 Å². The zero-order valence-corrected chi connectivity index (χ0v) is 24.3. The number of fused-ring (bicyclic) bond motifs is 2. The van der Waals surface area contributed by atoms with Crippen molar-refractivity contribution in [2.24, 2.45) is 5.92 Å². The molecule has 0 spiro atoms. The highest BCUT2D eigenvalue weighted by Crippen LogP contribution is 2.29. The summed E-state index contributed by atoms with van der Waals surface area (Å²) in [6.45, 7) is 3.57. The minimum Gasteiger partial charge on any atom is -0.461 e. The van der Waals surface area contributed by atoms with E-state index in [1.165, 1.54) is 28.8 Å². The van der Waals surface area contributed by atoms with Crippen LogP contribution in [0.3, 0.4) is 0 Å². The van der Waals surface area contributed by atoms with Gasteiger partial charge in [0.1, 0.15) is 0 Å². The Morgan fingerprint density at radius 3 is 2.27 bits per heavy atom. The average Bonchev–Trinajstić information content (AvgIpc) is 3.72. The molecule has 2 aromatic carbocycles. The predicted molar refractivity (Wildman–Crippen MR) is 158 cm³/mol. The van der Waals surface area contributed by atoms with E-state index < -0.39 is 23.3 Å². The molecule has 10 nitrogen and oxygen atoms in total. The number of hydrogen-bond acceptors (Lipinski definition) is 9. The second kappa shape index (κ2) is 12.1. The van der Waals surface area contributed by atoms with Crippen LogP contribution in [0.5, 0.6) is 0 Å². The third-order valence-corrected chi connectivity index (χ3v) is 8.62. The highest BCUT2D eigenvalue weighted by Gasteiger charge is 2.35. The van der Waals surface area contributed by atoms with Crippen LogP contribution in [-0.2, 0) is 13.1 Å². The maximum Gasteiger partial charge on any atom is 0.259 e. The molecule has 0 aliphatic carbocycles. The average molecular weight is 622 g/mol. The SMILES string of the molecule is Nc1nc(N2CCN3CC(CN(Cc4cccc(F)c4F)Cc4cccc(F)c4F)CCC3C2)nc2nc(-c3ccco3)nn12. The van der Waals surface area contributed by atoms with Crippen LogP contribution in [-0.4, -0.2) is 73.1 Å². The zero-order chi connectivity index (χ0) is 31.1. The molecule has 5 aromatic rings. The van der Waals surface area contributed by atoms with Crippen LogP contribution in [0.15, 0.2) is 59.2 Å². The van der Waals surface area contributed by atoms with E-state index in [1.807, 2.05) is 4.90 Å². The monoisotopic (exact) mass is 621 g/mol. The maximum absolute atomic E-state index is 14.6. The number of nitrogens with two attached hydrogens (primary N) is 1. The fourth-order valence-electron chi connectivity index (χ4n) is 6.41. The first-order chi connectivity index (χ1) is 21.8. The number of anilines is 2. The van der Waals surface area contributed by atoms with Crippen molar-refractivity contribution in [1.82, 2.24) is 34.4 Å². The second-order valence-corrected chi connectivity index (χ2v) is 11.6. The molecule has 2 N–H and O–H groups in total. The summed E-state index contributed by atoms with van der Waals surface area (Å²) in [6, 6.07) is 11.8. The van der Waals surface area contributed by atoms with Crippen molar-refractivity contribution in [2.45, 2.75) is 32.0 Å². The van der Waals surface area contributed by atoms with Crippen molar-refractivity contribution in [3.8, 4) is 11.6 Å². The van der Waals surface area contributed by atoms with Crippen LogP contribution < -0.4 is 10.6 Å². The Labute approximate surface area is 256 Å². The molecule has 0 bridgehead atoms. The van der Waals surface area contributed by atoms with Crippen LogP contribution in [0.2, 0.25) is 0 Å². The summed E-state index contributed by atoms with van der Waals surface area (Å²) in [5.41, 5.74) is 6.57. The Bertz CT molecular complexity index is 1760. The summed E-state index contributed by atoms with van der Waals surface area (Å²) in [5, 5.41) is 4.36. The maximum atomic E-state index is 14.6. The topological polar surface area (TPSA) is 105 Å². The van der Waals surface area contributed by atoms with E-state index in [4.69, 9.17) is 10.2 Å². The van der Waals surface area contributed by atoms with Crippen molar-refractivity contribution in [2.75, 3.05) is 43.4 Å². The number of rotatable bonds is 8. The Kier molecular flexibility index (Phi) is 7.83. The van der Waals surface area contributed by atoms with Gasteiger partial charge in [0.05, 0.1) is 6.26 Å². The highest BCUT2D eigenvalue weighted by atomic mass is 19.2. The normalized spacial score (nSPS) is 19.0. The molecule has 2 unspecified atom stereocenters. The molecule has 2 fully saturated rings. The van der Waals surface area contributed by atoms with Gasteiger partial charge in [-0.3, -0.25) is 9.80 Å². The molecule has 2 saturated heterocycles. The molecular weight excluding hydrogens is 590 g/mol. The standard InChI is InChI=1S/C31H31F4N9O/c32-23-6-1-4-20(26(23)34)16-41(17-21-5-2-7-24(33)27(21)35)14-19-9-10-22-18-43(12-11-42(22)15-19)30-38-29(36)44-31(39-30)37-28(40-44)25-8-3-13-45-25/h1-8,13,19,22H,9-12,14-18H2,(H2,36,37,38,39,40). The quantitative estimate of drug-likeness (QED) is 0.251. The van der Waals surface area contributed by atoms with Gasteiger partial charge in [-0.05, 0) is 43.0 Å². The molecule has 2 atom stereocenters. The van der Waals surface area contributed by atoms with Gasteiger partial charge >= 0.3 is 0 Å². The molecule has 234 valence electrons. The van der Waals surface area contributed by atoms with Gasteiger partial charge in [0.25, 0.3) is 5.78 Å². The first-order valence-electron chi connectivity index (χ1n) is 14.8. The third-order valence-electron chi connectivity index (χ3n) is 8.62. The number of halogens is 4. The van der Waals surface area contributed by atoms with E-state index >= 15 is 0 Å². The molecule has 0 amide bonds. The lowest BCUT2D eigenvalue weighted by atomic mass is 9.90. The number of piperidine rings is 1. The Balaban J connectivity index is 1.04. The van der Waals surface area contributed by atoms with Crippen molar-refractivity contribution in [3.05, 3.63) is 89.2 Å². The second-order valence-electron chi connectivity index (χ2n) is 11.6. The number of benzene rings is 2. The lowest BCUT2D eigenvalue weighted by Crippen LogP contribution is -2.57. The summed E-state index contributed by atoms with van der Waals surface area (Å²) in [6.07, 6.45) is 3.31. The largest absolute Gasteiger partial charge is 0.461 e. The molecular formula is C31H31F4N9O. The predicted octanol–water partition coefficient (Wildman–Crippen LogP) is 4.52. The van der Waals surface area contributed by atoms with E-state index in [1.54, 1.807) is 18.4 Å². The van der Waals surface area contributed by atoms with Gasteiger partial charge in [-0.15, -0.1) is 5.10 Å². The summed E-state index contributed by atoms with van der Waals surface area (Å²) < 4.78 is 64.0. The molecule has 7 rings (SSSR count). The smallest absolute Gasteiger partial charge is 0.259 e. The number of piperazine rings is 1. The molecule has 0 radical (unpaired) electrons. The molecule has 45 heavy (non-hydrogen) atoms. The van der Waals surface area contributed by atoms with Crippen molar-refractivity contribution >= 4 is 17.7 Å². The Morgan fingerprint density at radius 1 is 0.844 bits per heavy atom. The van der Waals surface area contributed by atoms with Crippen LogP contribution in [0.4, 0.5) is 29.5 Å². The fraction of sp³-hybridized carbons (Fsp3) is 0.355. The van der Waals surface area contributed by atoms with Crippen molar-refractivity contribution in [1.29, 1.82) is 0 Å². The van der Waals surface area contributed by atoms with Crippen LogP contribution in [0.25, 0.3) is 17.4 Å². The lowest BCUT2D eigenvalue weighted by Gasteiger charge is -2.47. The van der Waals surface area contributed by atoms with Crippen LogP contribution in [0.1, 0.15) is 24.0 Å². The third kappa shape index (κ3) is 5.94. The summed E-state index contributed by atoms with van der Waals surface area (Å²) in [5.74, 6) is -1.65. The van der Waals surface area contributed by atoms with Gasteiger partial charge < -0.3 is 15.1 Å². The summed E-state index contributed by atoms with van der Waals surface area (Å²) >= 11 is 0. The van der Waals surface area contributed by atoms with Crippen LogP contribution >= 0.6 is 0 Å². The van der Waals surface area contributed by atoms with Gasteiger partial charge in [0, 0.05) is 63.0 Å². The molecule has 5 heterocycles. The fourth-order valence-corrected chi connectivity index (χ4v) is 6.41. The highest BCUT2D eigenvalue weighted by molar-refractivity contribution is 5.53. The van der Waals surface area contributed by atoms with E-state index in [0.29, 0.717) is 42.9 Å². The van der Waals surface area contributed by atoms with Crippen molar-refractivity contribution < 1.29 is 22.0 Å². The molecule has 0 saturated carbocycles. The number of hydrogen-bond donors (Lipinski definition) is 1. The van der Waals surface area contributed by atoms with Gasteiger partial charge in [-0.25, -0.2) is 17.6 Å². The summed E-state index contributed by atoms with van der Waals surface area (Å²) in [4.78, 5) is 20.0. The van der Waals surface area contributed by atoms with Gasteiger partial charge in [-0.2, -0.15) is 19.5 Å². The Morgan fingerprint density at radius 2 is 1.58 bits per heavy atom. The minimum atomic E-state index is -0.936. The number of aromatic nitrogens is 5. The first-order valence-corrected chi connectivity index (χ1v) is 14.8. The first kappa shape index (κ1) is 29.2. The lowest BCUT2D eigenvalue weighted by molar-refractivity contribution is 0.0717. The minimum absolute atomic E-state index is 0.0682. The van der Waals surface area contributed by atoms with Gasteiger partial charge in [0.2, 0.25) is 17.7 Å². The molecule has 14 heteroatoms. The van der Waals surface area contributed by atoms with Gasteiger partial charge in [-0.1, -0.05) is 24.3 Å². The number of nitrogen functional groups attached to an aromatic ring is 1.